The van der Waals surface area contributed by atoms with Gasteiger partial charge in [0, 0.05) is 24.5 Å². The Hall–Kier alpha value is -3.80. The second-order valence-corrected chi connectivity index (χ2v) is 9.06. The van der Waals surface area contributed by atoms with Gasteiger partial charge in [0.1, 0.15) is 11.5 Å². The van der Waals surface area contributed by atoms with Crippen molar-refractivity contribution in [2.45, 2.75) is 39.7 Å². The van der Waals surface area contributed by atoms with Gasteiger partial charge in [-0.2, -0.15) is 0 Å². The van der Waals surface area contributed by atoms with Crippen molar-refractivity contribution in [1.29, 1.82) is 0 Å². The third kappa shape index (κ3) is 4.23. The van der Waals surface area contributed by atoms with Gasteiger partial charge in [-0.05, 0) is 80.6 Å². The zero-order valence-corrected chi connectivity index (χ0v) is 19.6. The number of hydrogen-bond acceptors (Lipinski definition) is 5. The molecule has 3 aromatic rings. The molecule has 0 unspecified atom stereocenters. The molecule has 1 aromatic heterocycles. The fraction of sp³-hybridized carbons (Fsp3) is 0.286. The molecule has 2 aliphatic heterocycles. The molecule has 0 aliphatic carbocycles. The summed E-state index contributed by atoms with van der Waals surface area (Å²) < 4.78 is 5.41. The number of hydrogen-bond donors (Lipinski definition) is 1. The fourth-order valence-electron chi connectivity index (χ4n) is 4.79. The van der Waals surface area contributed by atoms with Gasteiger partial charge in [-0.3, -0.25) is 14.5 Å². The fourth-order valence-corrected chi connectivity index (χ4v) is 4.79. The van der Waals surface area contributed by atoms with Gasteiger partial charge in [0.05, 0.1) is 18.4 Å². The lowest BCUT2D eigenvalue weighted by atomic mass is 9.97. The van der Waals surface area contributed by atoms with Crippen molar-refractivity contribution in [1.82, 2.24) is 4.90 Å². The lowest BCUT2D eigenvalue weighted by Gasteiger charge is -2.28. The molecule has 6 nitrogen and oxygen atoms in total. The lowest BCUT2D eigenvalue weighted by molar-refractivity contribution is -0.137. The van der Waals surface area contributed by atoms with Crippen LogP contribution in [0.15, 0.2) is 71.0 Å². The number of aryl methyl sites for hydroxylation is 2. The van der Waals surface area contributed by atoms with Gasteiger partial charge in [-0.25, -0.2) is 0 Å². The molecule has 1 fully saturated rings. The van der Waals surface area contributed by atoms with Crippen LogP contribution < -0.4 is 10.2 Å². The molecule has 6 heteroatoms. The number of nitrogens with one attached hydrogen (secondary N) is 1. The second kappa shape index (κ2) is 9.21. The highest BCUT2D eigenvalue weighted by Crippen LogP contribution is 2.34. The minimum absolute atomic E-state index is 0.0954. The molecular formula is C28H29N3O3. The second-order valence-electron chi connectivity index (χ2n) is 9.06. The predicted octanol–water partition coefficient (Wildman–Crippen LogP) is 5.28. The van der Waals surface area contributed by atoms with E-state index < -0.39 is 0 Å². The minimum Gasteiger partial charge on any atom is -0.467 e. The first kappa shape index (κ1) is 22.0. The van der Waals surface area contributed by atoms with Crippen molar-refractivity contribution in [3.05, 3.63) is 89.0 Å². The zero-order chi connectivity index (χ0) is 23.7. The molecule has 5 rings (SSSR count). The van der Waals surface area contributed by atoms with Gasteiger partial charge >= 0.3 is 0 Å². The number of carbonyl (C=O) groups is 2. The largest absolute Gasteiger partial charge is 0.467 e. The molecule has 0 atom stereocenters. The quantitative estimate of drug-likeness (QED) is 0.513. The third-order valence-electron chi connectivity index (χ3n) is 6.57. The van der Waals surface area contributed by atoms with E-state index in [-0.39, 0.29) is 18.4 Å². The maximum absolute atomic E-state index is 13.5. The first-order chi connectivity index (χ1) is 16.5. The zero-order valence-electron chi connectivity index (χ0n) is 19.6. The van der Waals surface area contributed by atoms with Gasteiger partial charge < -0.3 is 14.6 Å². The first-order valence-electron chi connectivity index (χ1n) is 11.8. The number of anilines is 2. The number of piperidine rings is 1. The molecule has 2 aliphatic rings. The van der Waals surface area contributed by atoms with E-state index >= 15 is 0 Å². The molecule has 34 heavy (non-hydrogen) atoms. The van der Waals surface area contributed by atoms with E-state index in [0.717, 1.165) is 35.5 Å². The Balaban J connectivity index is 1.48. The Kier molecular flexibility index (Phi) is 5.97. The topological polar surface area (TPSA) is 65.8 Å². The van der Waals surface area contributed by atoms with Crippen LogP contribution in [0.4, 0.5) is 11.4 Å². The number of furan rings is 1. The van der Waals surface area contributed by atoms with Crippen LogP contribution in [0.3, 0.4) is 0 Å². The number of nitrogens with zero attached hydrogens (tertiary/aromatic N) is 2. The summed E-state index contributed by atoms with van der Waals surface area (Å²) >= 11 is 0. The summed E-state index contributed by atoms with van der Waals surface area (Å²) in [5, 5.41) is 3.27. The SMILES string of the molecule is Cc1ccc(C2=C(Nc3ccc(N4CCCCC4)cc3)C(=O)N(Cc3ccco3)C2=O)c(C)c1. The number of imide groups is 1. The Morgan fingerprint density at radius 1 is 0.912 bits per heavy atom. The van der Waals surface area contributed by atoms with Crippen LogP contribution in [0.2, 0.25) is 0 Å². The summed E-state index contributed by atoms with van der Waals surface area (Å²) in [6.07, 6.45) is 5.26. The molecule has 0 radical (unpaired) electrons. The summed E-state index contributed by atoms with van der Waals surface area (Å²) in [5.74, 6) is -0.105. The highest BCUT2D eigenvalue weighted by Gasteiger charge is 2.40. The normalized spacial score (nSPS) is 16.5. The molecule has 1 saturated heterocycles. The molecule has 2 aromatic carbocycles. The molecule has 174 valence electrons. The number of amides is 2. The van der Waals surface area contributed by atoms with Crippen LogP contribution in [0.1, 0.15) is 41.7 Å². The molecule has 3 heterocycles. The van der Waals surface area contributed by atoms with Crippen LogP contribution in [0.25, 0.3) is 5.57 Å². The Labute approximate surface area is 199 Å². The average Bonchev–Trinajstić information content (AvgIpc) is 3.44. The van der Waals surface area contributed by atoms with Gasteiger partial charge in [0.25, 0.3) is 11.8 Å². The number of benzene rings is 2. The highest BCUT2D eigenvalue weighted by molar-refractivity contribution is 6.36. The van der Waals surface area contributed by atoms with Gasteiger partial charge in [-0.1, -0.05) is 23.8 Å². The third-order valence-corrected chi connectivity index (χ3v) is 6.57. The smallest absolute Gasteiger partial charge is 0.278 e. The van der Waals surface area contributed by atoms with Crippen LogP contribution >= 0.6 is 0 Å². The van der Waals surface area contributed by atoms with E-state index in [1.165, 1.54) is 29.8 Å². The maximum atomic E-state index is 13.5. The van der Waals surface area contributed by atoms with Crippen LogP contribution in [-0.2, 0) is 16.1 Å². The Morgan fingerprint density at radius 3 is 2.35 bits per heavy atom. The summed E-state index contributed by atoms with van der Waals surface area (Å²) in [4.78, 5) is 30.6. The van der Waals surface area contributed by atoms with E-state index in [9.17, 15) is 9.59 Å². The molecule has 2 amide bonds. The van der Waals surface area contributed by atoms with Gasteiger partial charge in [-0.15, -0.1) is 0 Å². The van der Waals surface area contributed by atoms with Crippen LogP contribution in [-0.4, -0.2) is 29.8 Å². The molecular weight excluding hydrogens is 426 g/mol. The summed E-state index contributed by atoms with van der Waals surface area (Å²) in [6.45, 7) is 6.22. The predicted molar refractivity (Wildman–Crippen MR) is 133 cm³/mol. The lowest BCUT2D eigenvalue weighted by Crippen LogP contribution is -2.31. The Bertz CT molecular complexity index is 1240. The molecule has 0 bridgehead atoms. The van der Waals surface area contributed by atoms with Crippen molar-refractivity contribution in [2.24, 2.45) is 0 Å². The number of rotatable bonds is 6. The first-order valence-corrected chi connectivity index (χ1v) is 11.8. The molecule has 1 N–H and O–H groups in total. The van der Waals surface area contributed by atoms with Crippen LogP contribution in [0.5, 0.6) is 0 Å². The van der Waals surface area contributed by atoms with E-state index in [2.05, 4.69) is 22.3 Å². The van der Waals surface area contributed by atoms with E-state index in [1.54, 1.807) is 18.4 Å². The molecule has 0 saturated carbocycles. The van der Waals surface area contributed by atoms with E-state index in [1.807, 2.05) is 44.2 Å². The van der Waals surface area contributed by atoms with Gasteiger partial charge in [0.2, 0.25) is 0 Å². The van der Waals surface area contributed by atoms with Crippen molar-refractivity contribution in [3.63, 3.8) is 0 Å². The maximum Gasteiger partial charge on any atom is 0.278 e. The van der Waals surface area contributed by atoms with E-state index in [0.29, 0.717) is 17.0 Å². The van der Waals surface area contributed by atoms with Crippen molar-refractivity contribution < 1.29 is 14.0 Å². The standard InChI is InChI=1S/C28H29N3O3/c1-19-8-13-24(20(2)17-19)25-26(28(33)31(27(25)32)18-23-7-6-16-34-23)29-21-9-11-22(12-10-21)30-14-4-3-5-15-30/h6-13,16-17,29H,3-5,14-15,18H2,1-2H3. The monoisotopic (exact) mass is 455 g/mol. The number of carbonyl (C=O) groups excluding carboxylic acids is 2. The Morgan fingerprint density at radius 2 is 1.68 bits per heavy atom. The van der Waals surface area contributed by atoms with Gasteiger partial charge in [0.15, 0.2) is 0 Å². The van der Waals surface area contributed by atoms with Crippen LogP contribution in [0, 0.1) is 13.8 Å². The highest BCUT2D eigenvalue weighted by atomic mass is 16.3. The molecule has 0 spiro atoms. The summed E-state index contributed by atoms with van der Waals surface area (Å²) in [5.41, 5.74) is 5.48. The van der Waals surface area contributed by atoms with Crippen molar-refractivity contribution in [3.8, 4) is 0 Å². The van der Waals surface area contributed by atoms with Crippen molar-refractivity contribution >= 4 is 28.8 Å². The van der Waals surface area contributed by atoms with Crippen molar-refractivity contribution in [2.75, 3.05) is 23.3 Å². The minimum atomic E-state index is -0.350. The van der Waals surface area contributed by atoms with E-state index in [4.69, 9.17) is 4.42 Å². The summed E-state index contributed by atoms with van der Waals surface area (Å²) in [7, 11) is 0. The average molecular weight is 456 g/mol. The summed E-state index contributed by atoms with van der Waals surface area (Å²) in [6, 6.07) is 17.5.